The summed E-state index contributed by atoms with van der Waals surface area (Å²) in [6, 6.07) is 16.9. The van der Waals surface area contributed by atoms with Gasteiger partial charge < -0.3 is 20.1 Å². The topological polar surface area (TPSA) is 104 Å². The number of nitrogens with zero attached hydrogens (tertiary/aromatic N) is 1. The Morgan fingerprint density at radius 1 is 1.02 bits per heavy atom. The van der Waals surface area contributed by atoms with E-state index >= 15 is 0 Å². The molecule has 4 aromatic carbocycles. The van der Waals surface area contributed by atoms with Gasteiger partial charge in [-0.2, -0.15) is 0 Å². The summed E-state index contributed by atoms with van der Waals surface area (Å²) in [5, 5.41) is 13.9. The average Bonchev–Trinajstić information content (AvgIpc) is 3.39. The number of hydrogen-bond acceptors (Lipinski definition) is 4. The number of methoxy groups -OCH3 is 1. The molecule has 11 heteroatoms. The van der Waals surface area contributed by atoms with Gasteiger partial charge in [0.15, 0.2) is 0 Å². The standard InChI is InChI=1S/C32H25Cl3FN3O4/c1-3-5-25(19-11-9-17(33)13-28(19)43-2)39-31(40)16-8-10-18(21(12-16)32(41)42)29-20(6-4-7-22(29)34)30-37-26-14-23(35)24(36)15-27(26)38-30/h4,6-15,25H,3,5H2,1-2H3,(H,37,38)(H,39,40)(H,41,42)/t25-/m0/s1. The second-order valence-corrected chi connectivity index (χ2v) is 11.0. The summed E-state index contributed by atoms with van der Waals surface area (Å²) in [5.41, 5.74) is 2.75. The Balaban J connectivity index is 1.55. The van der Waals surface area contributed by atoms with E-state index in [0.717, 1.165) is 12.0 Å². The highest BCUT2D eigenvalue weighted by Crippen LogP contribution is 2.40. The van der Waals surface area contributed by atoms with Gasteiger partial charge in [0.25, 0.3) is 5.91 Å². The maximum absolute atomic E-state index is 14.1. The van der Waals surface area contributed by atoms with Crippen LogP contribution < -0.4 is 10.1 Å². The van der Waals surface area contributed by atoms with Crippen molar-refractivity contribution in [1.29, 1.82) is 0 Å². The second kappa shape index (κ2) is 12.6. The molecule has 3 N–H and O–H groups in total. The summed E-state index contributed by atoms with van der Waals surface area (Å²) in [5.74, 6) is -1.44. The van der Waals surface area contributed by atoms with Crippen molar-refractivity contribution in [3.8, 4) is 28.3 Å². The van der Waals surface area contributed by atoms with E-state index in [1.807, 2.05) is 6.92 Å². The number of nitrogens with one attached hydrogen (secondary N) is 2. The molecule has 7 nitrogen and oxygen atoms in total. The van der Waals surface area contributed by atoms with Gasteiger partial charge in [0, 0.05) is 38.4 Å². The highest BCUT2D eigenvalue weighted by Gasteiger charge is 2.24. The monoisotopic (exact) mass is 639 g/mol. The van der Waals surface area contributed by atoms with E-state index in [2.05, 4.69) is 15.3 Å². The summed E-state index contributed by atoms with van der Waals surface area (Å²) in [4.78, 5) is 33.6. The first-order valence-corrected chi connectivity index (χ1v) is 14.4. The molecule has 0 unspecified atom stereocenters. The number of carboxylic acid groups (broad SMARTS) is 1. The van der Waals surface area contributed by atoms with Crippen molar-refractivity contribution in [3.05, 3.63) is 104 Å². The summed E-state index contributed by atoms with van der Waals surface area (Å²) in [6.07, 6.45) is 1.38. The minimum atomic E-state index is -1.25. The van der Waals surface area contributed by atoms with Crippen molar-refractivity contribution < 1.29 is 23.8 Å². The fraction of sp³-hybridized carbons (Fsp3) is 0.156. The molecular formula is C32H25Cl3FN3O4. The number of benzene rings is 4. The van der Waals surface area contributed by atoms with Crippen LogP contribution in [0.25, 0.3) is 33.5 Å². The maximum atomic E-state index is 14.1. The number of rotatable bonds is 9. The van der Waals surface area contributed by atoms with Crippen molar-refractivity contribution >= 4 is 57.7 Å². The molecule has 0 aliphatic heterocycles. The van der Waals surface area contributed by atoms with Crippen LogP contribution in [0.4, 0.5) is 4.39 Å². The summed E-state index contributed by atoms with van der Waals surface area (Å²) >= 11 is 18.7. The number of H-pyrrole nitrogens is 1. The highest BCUT2D eigenvalue weighted by molar-refractivity contribution is 6.34. The Bertz CT molecular complexity index is 1840. The summed E-state index contributed by atoms with van der Waals surface area (Å²) < 4.78 is 19.6. The van der Waals surface area contributed by atoms with Crippen LogP contribution >= 0.6 is 34.8 Å². The van der Waals surface area contributed by atoms with Crippen LogP contribution in [-0.2, 0) is 0 Å². The predicted octanol–water partition coefficient (Wildman–Crippen LogP) is 8.97. The zero-order valence-corrected chi connectivity index (χ0v) is 25.2. The molecule has 0 saturated heterocycles. The lowest BCUT2D eigenvalue weighted by Gasteiger charge is -2.21. The van der Waals surface area contributed by atoms with Crippen molar-refractivity contribution in [2.45, 2.75) is 25.8 Å². The molecule has 0 spiro atoms. The van der Waals surface area contributed by atoms with E-state index < -0.39 is 23.7 Å². The Morgan fingerprint density at radius 2 is 1.81 bits per heavy atom. The fourth-order valence-corrected chi connectivity index (χ4v) is 5.61. The van der Waals surface area contributed by atoms with Gasteiger partial charge in [0.05, 0.1) is 34.8 Å². The first-order chi connectivity index (χ1) is 20.6. The molecule has 0 radical (unpaired) electrons. The lowest BCUT2D eigenvalue weighted by Crippen LogP contribution is -2.29. The number of aromatic nitrogens is 2. The zero-order chi connectivity index (χ0) is 30.8. The molecule has 1 atom stereocenters. The summed E-state index contributed by atoms with van der Waals surface area (Å²) in [7, 11) is 1.53. The van der Waals surface area contributed by atoms with Crippen molar-refractivity contribution in [2.24, 2.45) is 0 Å². The normalized spacial score (nSPS) is 11.9. The fourth-order valence-electron chi connectivity index (χ4n) is 5.02. The van der Waals surface area contributed by atoms with Crippen LogP contribution in [0.3, 0.4) is 0 Å². The molecule has 0 aliphatic carbocycles. The smallest absolute Gasteiger partial charge is 0.336 e. The molecule has 5 aromatic rings. The van der Waals surface area contributed by atoms with Crippen molar-refractivity contribution in [3.63, 3.8) is 0 Å². The lowest BCUT2D eigenvalue weighted by molar-refractivity contribution is 0.0697. The number of aromatic carboxylic acids is 1. The van der Waals surface area contributed by atoms with Gasteiger partial charge in [-0.05, 0) is 48.4 Å². The molecule has 0 aliphatic rings. The molecule has 43 heavy (non-hydrogen) atoms. The minimum Gasteiger partial charge on any atom is -0.496 e. The quantitative estimate of drug-likeness (QED) is 0.149. The Morgan fingerprint density at radius 3 is 2.53 bits per heavy atom. The van der Waals surface area contributed by atoms with E-state index in [1.165, 1.54) is 25.3 Å². The van der Waals surface area contributed by atoms with E-state index in [4.69, 9.17) is 39.5 Å². The first-order valence-electron chi connectivity index (χ1n) is 13.3. The van der Waals surface area contributed by atoms with E-state index in [9.17, 15) is 19.1 Å². The number of fused-ring (bicyclic) bond motifs is 1. The van der Waals surface area contributed by atoms with Gasteiger partial charge in [-0.15, -0.1) is 0 Å². The first kappa shape index (κ1) is 30.4. The molecule has 1 aromatic heterocycles. The van der Waals surface area contributed by atoms with Gasteiger partial charge in [0.2, 0.25) is 0 Å². The number of halogens is 4. The van der Waals surface area contributed by atoms with Crippen LogP contribution in [-0.4, -0.2) is 34.1 Å². The highest BCUT2D eigenvalue weighted by atomic mass is 35.5. The maximum Gasteiger partial charge on any atom is 0.336 e. The number of carbonyl (C=O) groups excluding carboxylic acids is 1. The largest absolute Gasteiger partial charge is 0.496 e. The van der Waals surface area contributed by atoms with E-state index in [1.54, 1.807) is 48.5 Å². The number of hydrogen-bond donors (Lipinski definition) is 3. The van der Waals surface area contributed by atoms with Gasteiger partial charge >= 0.3 is 5.97 Å². The minimum absolute atomic E-state index is 0.0745. The number of carboxylic acids is 1. The SMILES string of the molecule is CCC[C@H](NC(=O)c1ccc(-c2c(Cl)cccc2-c2nc3cc(Cl)c(F)cc3[nH]2)c(C(=O)O)c1)c1ccc(Cl)cc1OC. The van der Waals surface area contributed by atoms with Crippen LogP contribution in [0.15, 0.2) is 66.7 Å². The van der Waals surface area contributed by atoms with Crippen LogP contribution in [0.2, 0.25) is 15.1 Å². The van der Waals surface area contributed by atoms with Crippen molar-refractivity contribution in [1.82, 2.24) is 15.3 Å². The second-order valence-electron chi connectivity index (χ2n) is 9.80. The zero-order valence-electron chi connectivity index (χ0n) is 23.0. The third-order valence-corrected chi connectivity index (χ3v) is 7.87. The van der Waals surface area contributed by atoms with E-state index in [0.29, 0.717) is 45.2 Å². The van der Waals surface area contributed by atoms with Crippen molar-refractivity contribution in [2.75, 3.05) is 7.11 Å². The number of imidazole rings is 1. The van der Waals surface area contributed by atoms with Crippen LogP contribution in [0, 0.1) is 5.82 Å². The predicted molar refractivity (Wildman–Crippen MR) is 167 cm³/mol. The molecule has 0 fully saturated rings. The van der Waals surface area contributed by atoms with Crippen LogP contribution in [0.1, 0.15) is 52.1 Å². The Hall–Kier alpha value is -4.11. The van der Waals surface area contributed by atoms with Gasteiger partial charge in [0.1, 0.15) is 17.4 Å². The molecule has 5 rings (SSSR count). The Labute approximate surface area is 261 Å². The number of ether oxygens (including phenoxy) is 1. The molecule has 220 valence electrons. The molecular weight excluding hydrogens is 616 g/mol. The van der Waals surface area contributed by atoms with Gasteiger partial charge in [-0.1, -0.05) is 72.4 Å². The summed E-state index contributed by atoms with van der Waals surface area (Å²) in [6.45, 7) is 1.99. The molecule has 0 saturated carbocycles. The number of amides is 1. The average molecular weight is 641 g/mol. The molecule has 1 heterocycles. The lowest BCUT2D eigenvalue weighted by atomic mass is 9.93. The van der Waals surface area contributed by atoms with E-state index in [-0.39, 0.29) is 26.7 Å². The third kappa shape index (κ3) is 6.18. The van der Waals surface area contributed by atoms with Gasteiger partial charge in [-0.25, -0.2) is 14.2 Å². The van der Waals surface area contributed by atoms with Crippen LogP contribution in [0.5, 0.6) is 5.75 Å². The molecule has 1 amide bonds. The number of carbonyl (C=O) groups is 2. The Kier molecular flexibility index (Phi) is 8.92. The molecule has 0 bridgehead atoms. The van der Waals surface area contributed by atoms with Gasteiger partial charge in [-0.3, -0.25) is 4.79 Å². The number of aromatic amines is 1. The third-order valence-electron chi connectivity index (χ3n) is 7.03.